The molecule has 1 aromatic carbocycles. The number of carbonyl (C=O) groups is 2. The van der Waals surface area contributed by atoms with Gasteiger partial charge in [-0.05, 0) is 42.7 Å². The van der Waals surface area contributed by atoms with Crippen LogP contribution in [0.1, 0.15) is 28.8 Å². The molecule has 26 heavy (non-hydrogen) atoms. The van der Waals surface area contributed by atoms with Crippen LogP contribution in [0.15, 0.2) is 42.7 Å². The predicted octanol–water partition coefficient (Wildman–Crippen LogP) is 3.56. The Labute approximate surface area is 162 Å². The van der Waals surface area contributed by atoms with Crippen molar-refractivity contribution in [2.75, 3.05) is 13.1 Å². The lowest BCUT2D eigenvalue weighted by Gasteiger charge is -2.31. The Kier molecular flexibility index (Phi) is 6.12. The van der Waals surface area contributed by atoms with Gasteiger partial charge in [-0.15, -0.1) is 0 Å². The molecular weight excluding hydrogens is 373 g/mol. The zero-order valence-electron chi connectivity index (χ0n) is 14.1. The van der Waals surface area contributed by atoms with Gasteiger partial charge >= 0.3 is 0 Å². The molecule has 0 aliphatic carbocycles. The number of piperidine rings is 1. The van der Waals surface area contributed by atoms with Crippen LogP contribution < -0.4 is 5.32 Å². The number of rotatable bonds is 4. The molecule has 1 saturated heterocycles. The number of halogens is 2. The monoisotopic (exact) mass is 391 g/mol. The van der Waals surface area contributed by atoms with Gasteiger partial charge in [0.2, 0.25) is 5.91 Å². The van der Waals surface area contributed by atoms with E-state index in [0.717, 1.165) is 5.56 Å². The van der Waals surface area contributed by atoms with Gasteiger partial charge in [-0.25, -0.2) is 0 Å². The molecule has 1 fully saturated rings. The fraction of sp³-hybridized carbons (Fsp3) is 0.316. The van der Waals surface area contributed by atoms with E-state index in [9.17, 15) is 9.59 Å². The summed E-state index contributed by atoms with van der Waals surface area (Å²) in [6.45, 7) is 1.54. The summed E-state index contributed by atoms with van der Waals surface area (Å²) in [6, 6.07) is 8.59. The smallest absolute Gasteiger partial charge is 0.253 e. The molecule has 2 heterocycles. The van der Waals surface area contributed by atoms with Crippen molar-refractivity contribution in [3.63, 3.8) is 0 Å². The highest BCUT2D eigenvalue weighted by atomic mass is 35.5. The van der Waals surface area contributed by atoms with Crippen molar-refractivity contribution in [1.82, 2.24) is 15.2 Å². The number of benzene rings is 1. The van der Waals surface area contributed by atoms with Crippen LogP contribution in [0.2, 0.25) is 10.0 Å². The molecule has 2 aromatic rings. The Morgan fingerprint density at radius 3 is 2.46 bits per heavy atom. The first kappa shape index (κ1) is 18.7. The molecule has 0 unspecified atom stereocenters. The average Bonchev–Trinajstić information content (AvgIpc) is 2.65. The molecule has 0 bridgehead atoms. The largest absolute Gasteiger partial charge is 0.352 e. The zero-order chi connectivity index (χ0) is 18.5. The summed E-state index contributed by atoms with van der Waals surface area (Å²) in [7, 11) is 0. The molecule has 0 saturated carbocycles. The maximum absolute atomic E-state index is 12.6. The van der Waals surface area contributed by atoms with Crippen molar-refractivity contribution in [2.45, 2.75) is 19.4 Å². The number of pyridine rings is 1. The van der Waals surface area contributed by atoms with Crippen LogP contribution in [0.4, 0.5) is 0 Å². The van der Waals surface area contributed by atoms with E-state index in [1.54, 1.807) is 35.5 Å². The van der Waals surface area contributed by atoms with E-state index in [1.807, 2.05) is 12.1 Å². The van der Waals surface area contributed by atoms with Crippen molar-refractivity contribution < 1.29 is 9.59 Å². The van der Waals surface area contributed by atoms with Gasteiger partial charge in [0.25, 0.3) is 5.91 Å². The van der Waals surface area contributed by atoms with E-state index >= 15 is 0 Å². The third-order valence-corrected chi connectivity index (χ3v) is 4.89. The lowest BCUT2D eigenvalue weighted by Crippen LogP contribution is -2.42. The van der Waals surface area contributed by atoms with Crippen molar-refractivity contribution in [2.24, 2.45) is 5.92 Å². The molecule has 2 amide bonds. The predicted molar refractivity (Wildman–Crippen MR) is 101 cm³/mol. The Bertz CT molecular complexity index is 770. The van der Waals surface area contributed by atoms with Crippen molar-refractivity contribution >= 4 is 35.0 Å². The van der Waals surface area contributed by atoms with Gasteiger partial charge in [0.1, 0.15) is 0 Å². The highest BCUT2D eigenvalue weighted by Gasteiger charge is 2.27. The van der Waals surface area contributed by atoms with Gasteiger partial charge in [0.05, 0.1) is 0 Å². The first-order valence-corrected chi connectivity index (χ1v) is 9.20. The van der Waals surface area contributed by atoms with E-state index < -0.39 is 0 Å². The normalized spacial score (nSPS) is 14.9. The van der Waals surface area contributed by atoms with Gasteiger partial charge in [-0.2, -0.15) is 0 Å². The van der Waals surface area contributed by atoms with Crippen LogP contribution in [0.3, 0.4) is 0 Å². The molecule has 1 N–H and O–H groups in total. The standard InChI is InChI=1S/C19H19Cl2N3O2/c20-16-8-15(9-17(21)10-16)19(26)24-6-3-14(4-7-24)18(25)23-12-13-2-1-5-22-11-13/h1-2,5,8-11,14H,3-4,6-7,12H2,(H,23,25). The van der Waals surface area contributed by atoms with Crippen LogP contribution in [-0.2, 0) is 11.3 Å². The summed E-state index contributed by atoms with van der Waals surface area (Å²) in [5, 5.41) is 3.81. The topological polar surface area (TPSA) is 62.3 Å². The summed E-state index contributed by atoms with van der Waals surface area (Å²) in [6.07, 6.45) is 4.71. The van der Waals surface area contributed by atoms with E-state index in [0.29, 0.717) is 48.1 Å². The van der Waals surface area contributed by atoms with E-state index in [-0.39, 0.29) is 17.7 Å². The maximum atomic E-state index is 12.6. The van der Waals surface area contributed by atoms with Crippen LogP contribution in [0.25, 0.3) is 0 Å². The summed E-state index contributed by atoms with van der Waals surface area (Å²) < 4.78 is 0. The second-order valence-corrected chi connectivity index (χ2v) is 7.18. The molecule has 5 nitrogen and oxygen atoms in total. The number of amides is 2. The Morgan fingerprint density at radius 1 is 1.15 bits per heavy atom. The number of nitrogens with zero attached hydrogens (tertiary/aromatic N) is 2. The van der Waals surface area contributed by atoms with Crippen LogP contribution in [0.5, 0.6) is 0 Å². The van der Waals surface area contributed by atoms with Gasteiger partial charge in [0, 0.05) is 53.6 Å². The molecule has 1 aliphatic heterocycles. The lowest BCUT2D eigenvalue weighted by molar-refractivity contribution is -0.126. The minimum Gasteiger partial charge on any atom is -0.352 e. The molecular formula is C19H19Cl2N3O2. The number of nitrogens with one attached hydrogen (secondary N) is 1. The van der Waals surface area contributed by atoms with Gasteiger partial charge in [-0.1, -0.05) is 29.3 Å². The molecule has 0 atom stereocenters. The third-order valence-electron chi connectivity index (χ3n) is 4.45. The fourth-order valence-electron chi connectivity index (χ4n) is 3.04. The molecule has 0 spiro atoms. The molecule has 1 aromatic heterocycles. The second kappa shape index (κ2) is 8.52. The zero-order valence-corrected chi connectivity index (χ0v) is 15.6. The molecule has 0 radical (unpaired) electrons. The van der Waals surface area contributed by atoms with E-state index in [4.69, 9.17) is 23.2 Å². The minimum atomic E-state index is -0.108. The van der Waals surface area contributed by atoms with Crippen LogP contribution >= 0.6 is 23.2 Å². The first-order valence-electron chi connectivity index (χ1n) is 8.45. The second-order valence-electron chi connectivity index (χ2n) is 6.30. The summed E-state index contributed by atoms with van der Waals surface area (Å²) >= 11 is 11.9. The number of carbonyl (C=O) groups excluding carboxylic acids is 2. The highest BCUT2D eigenvalue weighted by Crippen LogP contribution is 2.23. The fourth-order valence-corrected chi connectivity index (χ4v) is 3.57. The minimum absolute atomic E-state index is 0.0201. The number of hydrogen-bond acceptors (Lipinski definition) is 3. The summed E-state index contributed by atoms with van der Waals surface area (Å²) in [5.74, 6) is -0.172. The third kappa shape index (κ3) is 4.74. The number of likely N-dealkylation sites (tertiary alicyclic amines) is 1. The molecule has 3 rings (SSSR count). The quantitative estimate of drug-likeness (QED) is 0.866. The Balaban J connectivity index is 1.52. The SMILES string of the molecule is O=C(NCc1cccnc1)C1CCN(C(=O)c2cc(Cl)cc(Cl)c2)CC1. The highest BCUT2D eigenvalue weighted by molar-refractivity contribution is 6.35. The van der Waals surface area contributed by atoms with Crippen molar-refractivity contribution in [1.29, 1.82) is 0 Å². The van der Waals surface area contributed by atoms with Gasteiger partial charge in [0.15, 0.2) is 0 Å². The van der Waals surface area contributed by atoms with Crippen LogP contribution in [-0.4, -0.2) is 34.8 Å². The Morgan fingerprint density at radius 2 is 1.85 bits per heavy atom. The number of aromatic nitrogens is 1. The Hall–Kier alpha value is -2.11. The van der Waals surface area contributed by atoms with Crippen molar-refractivity contribution in [3.8, 4) is 0 Å². The summed E-state index contributed by atoms with van der Waals surface area (Å²) in [5.41, 5.74) is 1.44. The van der Waals surface area contributed by atoms with Gasteiger partial charge in [-0.3, -0.25) is 14.6 Å². The maximum Gasteiger partial charge on any atom is 0.253 e. The van der Waals surface area contributed by atoms with Gasteiger partial charge < -0.3 is 10.2 Å². The lowest BCUT2D eigenvalue weighted by atomic mass is 9.95. The average molecular weight is 392 g/mol. The van der Waals surface area contributed by atoms with E-state index in [2.05, 4.69) is 10.3 Å². The van der Waals surface area contributed by atoms with Crippen molar-refractivity contribution in [3.05, 3.63) is 63.9 Å². The van der Waals surface area contributed by atoms with Crippen LogP contribution in [0, 0.1) is 5.92 Å². The molecule has 7 heteroatoms. The first-order chi connectivity index (χ1) is 12.5. The summed E-state index contributed by atoms with van der Waals surface area (Å²) in [4.78, 5) is 30.7. The van der Waals surface area contributed by atoms with E-state index in [1.165, 1.54) is 0 Å². The molecule has 136 valence electrons. The number of hydrogen-bond donors (Lipinski definition) is 1. The molecule has 1 aliphatic rings.